The lowest BCUT2D eigenvalue weighted by molar-refractivity contribution is 0.165. The molecule has 2 saturated heterocycles. The lowest BCUT2D eigenvalue weighted by Crippen LogP contribution is -2.56. The summed E-state index contributed by atoms with van der Waals surface area (Å²) < 4.78 is 0. The van der Waals surface area contributed by atoms with Gasteiger partial charge >= 0.3 is 0 Å². The van der Waals surface area contributed by atoms with Gasteiger partial charge < -0.3 is 10.6 Å². The number of nitrogens with zero attached hydrogens (tertiary/aromatic N) is 1. The van der Waals surface area contributed by atoms with Crippen molar-refractivity contribution in [2.24, 2.45) is 0 Å². The maximum Gasteiger partial charge on any atom is 0.0371 e. The van der Waals surface area contributed by atoms with Gasteiger partial charge in [0.05, 0.1) is 0 Å². The van der Waals surface area contributed by atoms with E-state index in [9.17, 15) is 0 Å². The number of likely N-dealkylation sites (N-methyl/N-ethyl adjacent to an activating group) is 1. The molecule has 2 unspecified atom stereocenters. The second-order valence-corrected chi connectivity index (χ2v) is 3.95. The highest BCUT2D eigenvalue weighted by Crippen LogP contribution is 2.14. The van der Waals surface area contributed by atoms with Gasteiger partial charge in [-0.3, -0.25) is 4.90 Å². The first-order valence-electron chi connectivity index (χ1n) is 5.02. The van der Waals surface area contributed by atoms with Crippen molar-refractivity contribution in [2.45, 2.75) is 24.9 Å². The van der Waals surface area contributed by atoms with Crippen LogP contribution >= 0.6 is 0 Å². The molecule has 3 heteroatoms. The molecule has 2 N–H and O–H groups in total. The summed E-state index contributed by atoms with van der Waals surface area (Å²) in [5.74, 6) is 0. The summed E-state index contributed by atoms with van der Waals surface area (Å²) >= 11 is 0. The maximum absolute atomic E-state index is 3.58. The van der Waals surface area contributed by atoms with Crippen LogP contribution in [0.2, 0.25) is 0 Å². The van der Waals surface area contributed by atoms with Crippen molar-refractivity contribution >= 4 is 0 Å². The number of nitrogens with one attached hydrogen (secondary N) is 2. The Kier molecular flexibility index (Phi) is 2.63. The topological polar surface area (TPSA) is 27.3 Å². The Morgan fingerprint density at radius 3 is 2.92 bits per heavy atom. The first kappa shape index (κ1) is 8.48. The largest absolute Gasteiger partial charge is 0.314 e. The number of hydrogen-bond acceptors (Lipinski definition) is 3. The van der Waals surface area contributed by atoms with Crippen molar-refractivity contribution in [3.05, 3.63) is 0 Å². The van der Waals surface area contributed by atoms with Gasteiger partial charge in [0.25, 0.3) is 0 Å². The Balaban J connectivity index is 1.91. The van der Waals surface area contributed by atoms with Crippen molar-refractivity contribution in [2.75, 3.05) is 33.2 Å². The summed E-state index contributed by atoms with van der Waals surface area (Å²) in [4.78, 5) is 2.49. The molecule has 0 aromatic rings. The van der Waals surface area contributed by atoms with Crippen LogP contribution in [0.25, 0.3) is 0 Å². The number of piperazine rings is 1. The van der Waals surface area contributed by atoms with Crippen LogP contribution in [0, 0.1) is 0 Å². The van der Waals surface area contributed by atoms with E-state index in [4.69, 9.17) is 0 Å². The molecule has 2 fully saturated rings. The van der Waals surface area contributed by atoms with Crippen molar-refractivity contribution in [3.8, 4) is 0 Å². The molecule has 0 saturated carbocycles. The van der Waals surface area contributed by atoms with Crippen molar-refractivity contribution in [3.63, 3.8) is 0 Å². The van der Waals surface area contributed by atoms with E-state index < -0.39 is 0 Å². The number of rotatable bonds is 1. The first-order valence-corrected chi connectivity index (χ1v) is 5.02. The minimum atomic E-state index is 0.723. The molecule has 2 atom stereocenters. The Bertz CT molecular complexity index is 143. The Morgan fingerprint density at radius 2 is 2.25 bits per heavy atom. The van der Waals surface area contributed by atoms with E-state index in [1.807, 2.05) is 0 Å². The normalized spacial score (nSPS) is 38.8. The van der Waals surface area contributed by atoms with Crippen LogP contribution in [-0.2, 0) is 0 Å². The molecule has 2 aliphatic rings. The van der Waals surface area contributed by atoms with Crippen LogP contribution in [0.15, 0.2) is 0 Å². The van der Waals surface area contributed by atoms with E-state index in [-0.39, 0.29) is 0 Å². The molecule has 0 aromatic heterocycles. The molecule has 0 bridgehead atoms. The minimum Gasteiger partial charge on any atom is -0.314 e. The van der Waals surface area contributed by atoms with E-state index in [2.05, 4.69) is 22.6 Å². The van der Waals surface area contributed by atoms with Crippen LogP contribution in [0.1, 0.15) is 12.8 Å². The molecule has 12 heavy (non-hydrogen) atoms. The molecule has 0 radical (unpaired) electrons. The van der Waals surface area contributed by atoms with Gasteiger partial charge in [-0.1, -0.05) is 0 Å². The zero-order valence-electron chi connectivity index (χ0n) is 7.84. The third-order valence-electron chi connectivity index (χ3n) is 3.12. The molecule has 2 heterocycles. The highest BCUT2D eigenvalue weighted by Gasteiger charge is 2.28. The fourth-order valence-corrected chi connectivity index (χ4v) is 2.32. The van der Waals surface area contributed by atoms with Gasteiger partial charge in [0.15, 0.2) is 0 Å². The third kappa shape index (κ3) is 1.63. The average Bonchev–Trinajstić information content (AvgIpc) is 2.57. The molecule has 0 aromatic carbocycles. The fraction of sp³-hybridized carbons (Fsp3) is 1.00. The highest BCUT2D eigenvalue weighted by molar-refractivity contribution is 4.90. The predicted octanol–water partition coefficient (Wildman–Crippen LogP) is -0.358. The van der Waals surface area contributed by atoms with Crippen molar-refractivity contribution in [1.29, 1.82) is 0 Å². The van der Waals surface area contributed by atoms with Crippen LogP contribution < -0.4 is 10.6 Å². The second-order valence-electron chi connectivity index (χ2n) is 3.95. The summed E-state index contributed by atoms with van der Waals surface area (Å²) in [6, 6.07) is 1.46. The zero-order valence-corrected chi connectivity index (χ0v) is 7.84. The standard InChI is InChI=1S/C9H19N3/c1-12-6-5-10-7-9(12)8-3-2-4-11-8/h8-11H,2-7H2,1H3. The Hall–Kier alpha value is -0.120. The van der Waals surface area contributed by atoms with Gasteiger partial charge in [-0.05, 0) is 26.4 Å². The summed E-state index contributed by atoms with van der Waals surface area (Å²) in [5.41, 5.74) is 0. The first-order chi connectivity index (χ1) is 5.88. The molecular formula is C9H19N3. The summed E-state index contributed by atoms with van der Waals surface area (Å²) in [6.07, 6.45) is 2.71. The van der Waals surface area contributed by atoms with Crippen LogP contribution in [0.4, 0.5) is 0 Å². The van der Waals surface area contributed by atoms with E-state index in [0.717, 1.165) is 25.2 Å². The van der Waals surface area contributed by atoms with Gasteiger partial charge in [-0.15, -0.1) is 0 Å². The van der Waals surface area contributed by atoms with Crippen LogP contribution in [-0.4, -0.2) is 50.2 Å². The van der Waals surface area contributed by atoms with Gasteiger partial charge in [-0.25, -0.2) is 0 Å². The van der Waals surface area contributed by atoms with Crippen molar-refractivity contribution in [1.82, 2.24) is 15.5 Å². The molecule has 0 aliphatic carbocycles. The quantitative estimate of drug-likeness (QED) is 0.561. The molecule has 70 valence electrons. The maximum atomic E-state index is 3.58. The monoisotopic (exact) mass is 169 g/mol. The molecule has 3 nitrogen and oxygen atoms in total. The van der Waals surface area contributed by atoms with E-state index in [1.54, 1.807) is 0 Å². The SMILES string of the molecule is CN1CCNCC1C1CCCN1. The average molecular weight is 169 g/mol. The van der Waals surface area contributed by atoms with Crippen LogP contribution in [0.5, 0.6) is 0 Å². The summed E-state index contributed by atoms with van der Waals surface area (Å²) in [7, 11) is 2.24. The van der Waals surface area contributed by atoms with E-state index in [0.29, 0.717) is 0 Å². The van der Waals surface area contributed by atoms with Gasteiger partial charge in [-0.2, -0.15) is 0 Å². The second kappa shape index (κ2) is 3.73. The molecule has 2 aliphatic heterocycles. The van der Waals surface area contributed by atoms with E-state index in [1.165, 1.54) is 25.9 Å². The van der Waals surface area contributed by atoms with Crippen molar-refractivity contribution < 1.29 is 0 Å². The van der Waals surface area contributed by atoms with Crippen LogP contribution in [0.3, 0.4) is 0 Å². The van der Waals surface area contributed by atoms with Gasteiger partial charge in [0.1, 0.15) is 0 Å². The molecule has 0 spiro atoms. The highest BCUT2D eigenvalue weighted by atomic mass is 15.2. The van der Waals surface area contributed by atoms with E-state index >= 15 is 0 Å². The lowest BCUT2D eigenvalue weighted by Gasteiger charge is -2.37. The summed E-state index contributed by atoms with van der Waals surface area (Å²) in [5, 5.41) is 7.04. The predicted molar refractivity (Wildman–Crippen MR) is 50.3 cm³/mol. The lowest BCUT2D eigenvalue weighted by atomic mass is 10.0. The minimum absolute atomic E-state index is 0.723. The third-order valence-corrected chi connectivity index (χ3v) is 3.12. The molecular weight excluding hydrogens is 150 g/mol. The zero-order chi connectivity index (χ0) is 8.39. The van der Waals surface area contributed by atoms with Gasteiger partial charge in [0.2, 0.25) is 0 Å². The smallest absolute Gasteiger partial charge is 0.0371 e. The Labute approximate surface area is 74.5 Å². The Morgan fingerprint density at radius 1 is 1.33 bits per heavy atom. The van der Waals surface area contributed by atoms with Gasteiger partial charge in [0, 0.05) is 31.7 Å². The summed E-state index contributed by atoms with van der Waals surface area (Å²) in [6.45, 7) is 4.73. The molecule has 2 rings (SSSR count). The number of hydrogen-bond donors (Lipinski definition) is 2. The molecule has 0 amide bonds. The fourth-order valence-electron chi connectivity index (χ4n) is 2.32.